The molecule has 0 saturated carbocycles. The molecule has 0 aliphatic rings. The van der Waals surface area contributed by atoms with E-state index < -0.39 is 32.9 Å². The molecule has 0 radical (unpaired) electrons. The molecular weight excluding hydrogens is 374 g/mol. The topological polar surface area (TPSA) is 98.0 Å². The van der Waals surface area contributed by atoms with E-state index in [0.717, 1.165) is 18.3 Å². The van der Waals surface area contributed by atoms with Crippen LogP contribution in [0.5, 0.6) is 0 Å². The van der Waals surface area contributed by atoms with Crippen LogP contribution in [0.4, 0.5) is 20.3 Å². The van der Waals surface area contributed by atoms with Crippen LogP contribution in [0.1, 0.15) is 11.3 Å². The minimum absolute atomic E-state index is 0.162. The smallest absolute Gasteiger partial charge is 0.263 e. The summed E-state index contributed by atoms with van der Waals surface area (Å²) in [6.45, 7) is 0. The second-order valence-electron chi connectivity index (χ2n) is 5.28. The molecule has 0 fully saturated rings. The zero-order valence-corrected chi connectivity index (χ0v) is 14.5. The number of nitrogens with one attached hydrogen (secondary N) is 1. The van der Waals surface area contributed by atoms with Crippen molar-refractivity contribution in [2.75, 3.05) is 10.5 Å². The van der Waals surface area contributed by atoms with E-state index in [1.165, 1.54) is 24.4 Å². The first kappa shape index (κ1) is 18.3. The zero-order valence-electron chi connectivity index (χ0n) is 13.6. The van der Waals surface area contributed by atoms with Gasteiger partial charge in [0.05, 0.1) is 11.3 Å². The first-order valence-electron chi connectivity index (χ1n) is 7.52. The molecule has 6 nitrogen and oxygen atoms in total. The molecule has 1 aromatic carbocycles. The maximum Gasteiger partial charge on any atom is 0.263 e. The van der Waals surface area contributed by atoms with Crippen molar-refractivity contribution in [2.24, 2.45) is 0 Å². The second-order valence-corrected chi connectivity index (χ2v) is 6.96. The van der Waals surface area contributed by atoms with Crippen LogP contribution < -0.4 is 10.5 Å². The number of hydrogen-bond donors (Lipinski definition) is 2. The third-order valence-electron chi connectivity index (χ3n) is 3.37. The highest BCUT2D eigenvalue weighted by Crippen LogP contribution is 2.23. The van der Waals surface area contributed by atoms with Gasteiger partial charge in [0.2, 0.25) is 0 Å². The van der Waals surface area contributed by atoms with Crippen molar-refractivity contribution in [3.63, 3.8) is 0 Å². The van der Waals surface area contributed by atoms with Gasteiger partial charge in [0.25, 0.3) is 10.0 Å². The average Bonchev–Trinajstić information content (AvgIpc) is 2.65. The van der Waals surface area contributed by atoms with Gasteiger partial charge >= 0.3 is 0 Å². The Labute approximate surface area is 154 Å². The summed E-state index contributed by atoms with van der Waals surface area (Å²) in [5.41, 5.74) is 4.71. The average molecular weight is 386 g/mol. The third kappa shape index (κ3) is 4.19. The Morgan fingerprint density at radius 1 is 1.04 bits per heavy atom. The van der Waals surface area contributed by atoms with Crippen LogP contribution in [-0.4, -0.2) is 18.4 Å². The zero-order chi connectivity index (χ0) is 19.4. The van der Waals surface area contributed by atoms with Crippen molar-refractivity contribution in [3.8, 4) is 11.8 Å². The molecule has 0 saturated heterocycles. The van der Waals surface area contributed by atoms with Gasteiger partial charge in [-0.1, -0.05) is 12.0 Å². The van der Waals surface area contributed by atoms with E-state index in [1.807, 2.05) is 0 Å². The fourth-order valence-corrected chi connectivity index (χ4v) is 3.13. The molecule has 27 heavy (non-hydrogen) atoms. The summed E-state index contributed by atoms with van der Waals surface area (Å²) in [5.74, 6) is 2.95. The van der Waals surface area contributed by atoms with E-state index >= 15 is 0 Å². The molecule has 3 rings (SSSR count). The lowest BCUT2D eigenvalue weighted by molar-refractivity contribution is 0.578. The number of anilines is 2. The molecule has 0 bridgehead atoms. The van der Waals surface area contributed by atoms with E-state index in [2.05, 4.69) is 26.5 Å². The minimum atomic E-state index is -4.09. The molecular formula is C18H12F2N4O2S. The lowest BCUT2D eigenvalue weighted by Crippen LogP contribution is -2.14. The van der Waals surface area contributed by atoms with E-state index in [-0.39, 0.29) is 16.4 Å². The Hall–Kier alpha value is -3.51. The molecule has 3 N–H and O–H groups in total. The molecule has 2 aromatic heterocycles. The summed E-state index contributed by atoms with van der Waals surface area (Å²) >= 11 is 0. The first-order chi connectivity index (χ1) is 12.9. The number of pyridine rings is 2. The van der Waals surface area contributed by atoms with E-state index in [9.17, 15) is 17.2 Å². The quantitative estimate of drug-likeness (QED) is 0.674. The maximum atomic E-state index is 14.6. The third-order valence-corrected chi connectivity index (χ3v) is 4.72. The number of nitrogens with two attached hydrogens (primary N) is 1. The van der Waals surface area contributed by atoms with Crippen LogP contribution in [0.25, 0.3) is 0 Å². The number of aromatic nitrogens is 2. The fraction of sp³-hybridized carbons (Fsp3) is 0. The summed E-state index contributed by atoms with van der Waals surface area (Å²) in [4.78, 5) is 7.45. The first-order valence-corrected chi connectivity index (χ1v) is 9.00. The van der Waals surface area contributed by atoms with Gasteiger partial charge in [-0.2, -0.15) is 0 Å². The fourth-order valence-electron chi connectivity index (χ4n) is 2.10. The van der Waals surface area contributed by atoms with Crippen molar-refractivity contribution < 1.29 is 17.2 Å². The molecule has 0 aliphatic carbocycles. The van der Waals surface area contributed by atoms with Gasteiger partial charge in [0.15, 0.2) is 5.82 Å². The van der Waals surface area contributed by atoms with Crippen molar-refractivity contribution in [1.82, 2.24) is 9.97 Å². The van der Waals surface area contributed by atoms with Gasteiger partial charge in [0.1, 0.15) is 22.2 Å². The van der Waals surface area contributed by atoms with Crippen molar-refractivity contribution in [1.29, 1.82) is 0 Å². The van der Waals surface area contributed by atoms with Gasteiger partial charge in [-0.3, -0.25) is 9.71 Å². The van der Waals surface area contributed by atoms with Gasteiger partial charge in [-0.05, 0) is 42.3 Å². The monoisotopic (exact) mass is 386 g/mol. The number of nitrogens with zero attached hydrogens (tertiary/aromatic N) is 2. The molecule has 136 valence electrons. The standard InChI is InChI=1S/C18H12F2N4O2S/c19-15-8-9-16(24-27(25,26)13-4-2-10-22-11-13)18(20)14(15)7-6-12-3-1-5-17(21)23-12/h1-5,8-11,24H,(H2,21,23). The molecule has 0 atom stereocenters. The lowest BCUT2D eigenvalue weighted by Gasteiger charge is -2.10. The molecule has 0 amide bonds. The number of sulfonamides is 1. The number of benzene rings is 1. The molecule has 0 aliphatic heterocycles. The number of nitrogen functional groups attached to an aromatic ring is 1. The SMILES string of the molecule is Nc1cccc(C#Cc2c(F)ccc(NS(=O)(=O)c3cccnc3)c2F)n1. The van der Waals surface area contributed by atoms with Gasteiger partial charge < -0.3 is 5.73 Å². The minimum Gasteiger partial charge on any atom is -0.384 e. The van der Waals surface area contributed by atoms with Crippen LogP contribution in [-0.2, 0) is 10.0 Å². The summed E-state index contributed by atoms with van der Waals surface area (Å²) in [6, 6.07) is 9.27. The summed E-state index contributed by atoms with van der Waals surface area (Å²) in [5, 5.41) is 0. The van der Waals surface area contributed by atoms with Crippen LogP contribution in [0.2, 0.25) is 0 Å². The Morgan fingerprint density at radius 2 is 1.85 bits per heavy atom. The molecule has 2 heterocycles. The van der Waals surface area contributed by atoms with Crippen LogP contribution in [0.3, 0.4) is 0 Å². The molecule has 0 unspecified atom stereocenters. The maximum absolute atomic E-state index is 14.6. The predicted molar refractivity (Wildman–Crippen MR) is 96.0 cm³/mol. The largest absolute Gasteiger partial charge is 0.384 e. The van der Waals surface area contributed by atoms with E-state index in [1.54, 1.807) is 12.1 Å². The Kier molecular flexibility index (Phi) is 5.00. The predicted octanol–water partition coefficient (Wildman–Crippen LogP) is 2.54. The van der Waals surface area contributed by atoms with Crippen molar-refractivity contribution in [3.05, 3.63) is 77.8 Å². The Balaban J connectivity index is 1.97. The van der Waals surface area contributed by atoms with Gasteiger partial charge in [-0.15, -0.1) is 0 Å². The molecule has 9 heteroatoms. The van der Waals surface area contributed by atoms with E-state index in [0.29, 0.717) is 0 Å². The summed E-state index contributed by atoms with van der Waals surface area (Å²) in [7, 11) is -4.09. The highest BCUT2D eigenvalue weighted by Gasteiger charge is 2.19. The van der Waals surface area contributed by atoms with E-state index in [4.69, 9.17) is 5.73 Å². The number of halogens is 2. The molecule has 3 aromatic rings. The Morgan fingerprint density at radius 3 is 2.56 bits per heavy atom. The Bertz CT molecular complexity index is 1160. The number of hydrogen-bond acceptors (Lipinski definition) is 5. The highest BCUT2D eigenvalue weighted by atomic mass is 32.2. The normalized spacial score (nSPS) is 10.7. The van der Waals surface area contributed by atoms with Gasteiger partial charge in [0, 0.05) is 12.4 Å². The van der Waals surface area contributed by atoms with Crippen molar-refractivity contribution in [2.45, 2.75) is 4.90 Å². The van der Waals surface area contributed by atoms with Gasteiger partial charge in [-0.25, -0.2) is 22.2 Å². The summed E-state index contributed by atoms with van der Waals surface area (Å²) < 4.78 is 55.3. The van der Waals surface area contributed by atoms with Crippen LogP contribution in [0.15, 0.2) is 59.8 Å². The summed E-state index contributed by atoms with van der Waals surface area (Å²) in [6.07, 6.45) is 2.51. The van der Waals surface area contributed by atoms with Crippen LogP contribution >= 0.6 is 0 Å². The second kappa shape index (κ2) is 7.39. The highest BCUT2D eigenvalue weighted by molar-refractivity contribution is 7.92. The van der Waals surface area contributed by atoms with Crippen LogP contribution in [0, 0.1) is 23.5 Å². The van der Waals surface area contributed by atoms with Crippen molar-refractivity contribution >= 4 is 21.5 Å². The number of rotatable bonds is 3. The molecule has 0 spiro atoms. The lowest BCUT2D eigenvalue weighted by atomic mass is 10.1.